The number of benzene rings is 2. The van der Waals surface area contributed by atoms with Gasteiger partial charge in [-0.25, -0.2) is 4.79 Å². The van der Waals surface area contributed by atoms with E-state index in [1.165, 1.54) is 27.4 Å². The van der Waals surface area contributed by atoms with Crippen molar-refractivity contribution in [2.24, 2.45) is 0 Å². The summed E-state index contributed by atoms with van der Waals surface area (Å²) in [5.41, 5.74) is 0.252. The molecule has 6 nitrogen and oxygen atoms in total. The molecule has 0 N–H and O–H groups in total. The van der Waals surface area contributed by atoms with Gasteiger partial charge in [0, 0.05) is 16.6 Å². The minimum absolute atomic E-state index is 0.100. The Hall–Kier alpha value is -2.41. The molecule has 0 spiro atoms. The Kier molecular flexibility index (Phi) is 6.94. The molecular weight excluding hydrogens is 392 g/mol. The van der Waals surface area contributed by atoms with Gasteiger partial charge in [-0.05, 0) is 18.2 Å². The molecule has 0 saturated heterocycles. The summed E-state index contributed by atoms with van der Waals surface area (Å²) in [4.78, 5) is 12.3. The van der Waals surface area contributed by atoms with Crippen LogP contribution >= 0.6 is 15.9 Å². The number of hydrogen-bond donors (Lipinski definition) is 0. The molecule has 25 heavy (non-hydrogen) atoms. The van der Waals surface area contributed by atoms with Gasteiger partial charge in [0.05, 0.1) is 21.3 Å². The number of hydrogen-bond acceptors (Lipinski definition) is 6. The first kappa shape index (κ1) is 18.9. The predicted octanol–water partition coefficient (Wildman–Crippen LogP) is 3.71. The Morgan fingerprint density at radius 2 is 1.60 bits per heavy atom. The highest BCUT2D eigenvalue weighted by Gasteiger charge is 2.18. The normalized spacial score (nSPS) is 10.1. The lowest BCUT2D eigenvalue weighted by Gasteiger charge is -2.13. The number of halogens is 1. The fourth-order valence-electron chi connectivity index (χ4n) is 2.12. The Morgan fingerprint density at radius 1 is 0.920 bits per heavy atom. The van der Waals surface area contributed by atoms with Crippen LogP contribution in [0.1, 0.15) is 10.4 Å². The van der Waals surface area contributed by atoms with Crippen LogP contribution in [-0.4, -0.2) is 40.5 Å². The number of carbonyl (C=O) groups excluding carboxylic acids is 1. The zero-order valence-corrected chi connectivity index (χ0v) is 15.8. The summed E-state index contributed by atoms with van der Waals surface area (Å²) in [5.74, 6) is 1.38. The Labute approximate surface area is 154 Å². The Morgan fingerprint density at radius 3 is 2.24 bits per heavy atom. The SMILES string of the molecule is COc1cc(OC)c(C(=O)OCCOc2cccc(Br)c2)cc1OC. The molecule has 2 rings (SSSR count). The molecule has 0 saturated carbocycles. The molecule has 0 aliphatic rings. The van der Waals surface area contributed by atoms with Crippen LogP contribution in [0.15, 0.2) is 40.9 Å². The van der Waals surface area contributed by atoms with Crippen LogP contribution in [0.25, 0.3) is 0 Å². The van der Waals surface area contributed by atoms with E-state index in [0.29, 0.717) is 23.0 Å². The van der Waals surface area contributed by atoms with E-state index in [9.17, 15) is 4.79 Å². The molecule has 0 aliphatic heterocycles. The molecule has 2 aromatic rings. The summed E-state index contributed by atoms with van der Waals surface area (Å²) in [6.45, 7) is 0.334. The van der Waals surface area contributed by atoms with Gasteiger partial charge < -0.3 is 23.7 Å². The van der Waals surface area contributed by atoms with E-state index in [0.717, 1.165) is 4.47 Å². The molecule has 0 bridgehead atoms. The van der Waals surface area contributed by atoms with Crippen molar-refractivity contribution < 1.29 is 28.5 Å². The van der Waals surface area contributed by atoms with Crippen molar-refractivity contribution in [1.29, 1.82) is 0 Å². The second-order valence-corrected chi connectivity index (χ2v) is 5.76. The standard InChI is InChI=1S/C18H19BrO6/c1-21-15-11-17(23-3)16(22-2)10-14(15)18(20)25-8-7-24-13-6-4-5-12(19)9-13/h4-6,9-11H,7-8H2,1-3H3. The molecule has 0 amide bonds. The van der Waals surface area contributed by atoms with E-state index < -0.39 is 5.97 Å². The molecule has 7 heteroatoms. The molecule has 0 aromatic heterocycles. The minimum atomic E-state index is -0.532. The Bertz CT molecular complexity index is 732. The van der Waals surface area contributed by atoms with Crippen LogP contribution < -0.4 is 18.9 Å². The fourth-order valence-corrected chi connectivity index (χ4v) is 2.50. The van der Waals surface area contributed by atoms with E-state index in [1.54, 1.807) is 6.07 Å². The van der Waals surface area contributed by atoms with Crippen molar-refractivity contribution >= 4 is 21.9 Å². The number of methoxy groups -OCH3 is 3. The van der Waals surface area contributed by atoms with Gasteiger partial charge in [-0.15, -0.1) is 0 Å². The van der Waals surface area contributed by atoms with Gasteiger partial charge in [-0.2, -0.15) is 0 Å². The van der Waals surface area contributed by atoms with Crippen LogP contribution in [0.5, 0.6) is 23.0 Å². The minimum Gasteiger partial charge on any atom is -0.496 e. The topological polar surface area (TPSA) is 63.2 Å². The first-order valence-corrected chi connectivity index (χ1v) is 8.23. The average molecular weight is 411 g/mol. The number of ether oxygens (including phenoxy) is 5. The van der Waals surface area contributed by atoms with Crippen LogP contribution in [-0.2, 0) is 4.74 Å². The molecule has 2 aromatic carbocycles. The average Bonchev–Trinajstić information content (AvgIpc) is 2.63. The lowest BCUT2D eigenvalue weighted by atomic mass is 10.1. The van der Waals surface area contributed by atoms with Crippen LogP contribution in [0.3, 0.4) is 0 Å². The predicted molar refractivity (Wildman–Crippen MR) is 96.0 cm³/mol. The molecule has 0 fully saturated rings. The maximum absolute atomic E-state index is 12.3. The number of rotatable bonds is 8. The van der Waals surface area contributed by atoms with E-state index in [2.05, 4.69) is 15.9 Å². The first-order valence-electron chi connectivity index (χ1n) is 7.44. The maximum atomic E-state index is 12.3. The largest absolute Gasteiger partial charge is 0.496 e. The van der Waals surface area contributed by atoms with E-state index in [4.69, 9.17) is 23.7 Å². The van der Waals surface area contributed by atoms with Crippen molar-refractivity contribution in [1.82, 2.24) is 0 Å². The van der Waals surface area contributed by atoms with Gasteiger partial charge in [0.1, 0.15) is 30.3 Å². The highest BCUT2D eigenvalue weighted by molar-refractivity contribution is 9.10. The second-order valence-electron chi connectivity index (χ2n) is 4.85. The van der Waals surface area contributed by atoms with Crippen molar-refractivity contribution in [2.45, 2.75) is 0 Å². The van der Waals surface area contributed by atoms with Crippen molar-refractivity contribution in [3.05, 3.63) is 46.4 Å². The highest BCUT2D eigenvalue weighted by atomic mass is 79.9. The van der Waals surface area contributed by atoms with E-state index in [-0.39, 0.29) is 18.8 Å². The maximum Gasteiger partial charge on any atom is 0.342 e. The van der Waals surface area contributed by atoms with Crippen molar-refractivity contribution in [3.63, 3.8) is 0 Å². The fraction of sp³-hybridized carbons (Fsp3) is 0.278. The van der Waals surface area contributed by atoms with Crippen molar-refractivity contribution in [2.75, 3.05) is 34.5 Å². The lowest BCUT2D eigenvalue weighted by Crippen LogP contribution is -2.13. The summed E-state index contributed by atoms with van der Waals surface area (Å²) in [7, 11) is 4.47. The van der Waals surface area contributed by atoms with Crippen LogP contribution in [0, 0.1) is 0 Å². The molecule has 134 valence electrons. The van der Waals surface area contributed by atoms with Gasteiger partial charge >= 0.3 is 5.97 Å². The Balaban J connectivity index is 1.98. The van der Waals surface area contributed by atoms with Crippen molar-refractivity contribution in [3.8, 4) is 23.0 Å². The third-order valence-electron chi connectivity index (χ3n) is 3.31. The third kappa shape index (κ3) is 5.03. The summed E-state index contributed by atoms with van der Waals surface area (Å²) < 4.78 is 27.3. The summed E-state index contributed by atoms with van der Waals surface area (Å²) in [6, 6.07) is 10.5. The third-order valence-corrected chi connectivity index (χ3v) is 3.80. The summed E-state index contributed by atoms with van der Waals surface area (Å²) >= 11 is 3.36. The number of carbonyl (C=O) groups is 1. The van der Waals surface area contributed by atoms with Gasteiger partial charge in [0.15, 0.2) is 11.5 Å². The molecule has 0 heterocycles. The molecule has 0 radical (unpaired) electrons. The van der Waals surface area contributed by atoms with Gasteiger partial charge in [-0.3, -0.25) is 0 Å². The zero-order chi connectivity index (χ0) is 18.2. The lowest BCUT2D eigenvalue weighted by molar-refractivity contribution is 0.0446. The molecule has 0 atom stereocenters. The molecule has 0 aliphatic carbocycles. The van der Waals surface area contributed by atoms with E-state index >= 15 is 0 Å². The van der Waals surface area contributed by atoms with Gasteiger partial charge in [-0.1, -0.05) is 22.0 Å². The monoisotopic (exact) mass is 410 g/mol. The zero-order valence-electron chi connectivity index (χ0n) is 14.2. The van der Waals surface area contributed by atoms with E-state index in [1.807, 2.05) is 24.3 Å². The van der Waals surface area contributed by atoms with Crippen LogP contribution in [0.2, 0.25) is 0 Å². The number of esters is 1. The summed E-state index contributed by atoms with van der Waals surface area (Å²) in [6.07, 6.45) is 0. The molecule has 0 unspecified atom stereocenters. The first-order chi connectivity index (χ1) is 12.1. The highest BCUT2D eigenvalue weighted by Crippen LogP contribution is 2.34. The molecular formula is C18H19BrO6. The quantitative estimate of drug-likeness (QED) is 0.488. The second kappa shape index (κ2) is 9.17. The van der Waals surface area contributed by atoms with Gasteiger partial charge in [0.25, 0.3) is 0 Å². The van der Waals surface area contributed by atoms with Crippen LogP contribution in [0.4, 0.5) is 0 Å². The van der Waals surface area contributed by atoms with Gasteiger partial charge in [0.2, 0.25) is 0 Å². The smallest absolute Gasteiger partial charge is 0.342 e. The summed E-state index contributed by atoms with van der Waals surface area (Å²) in [5, 5.41) is 0.